The third-order valence-electron chi connectivity index (χ3n) is 12.3. The van der Waals surface area contributed by atoms with Gasteiger partial charge in [0.2, 0.25) is 0 Å². The Labute approximate surface area is 269 Å². The van der Waals surface area contributed by atoms with E-state index in [1.54, 1.807) is 0 Å². The molecule has 0 radical (unpaired) electrons. The van der Waals surface area contributed by atoms with Crippen LogP contribution in [0.4, 0.5) is 0 Å². The molecule has 44 heavy (non-hydrogen) atoms. The number of carbonyl (C=O) groups is 1. The Kier molecular flexibility index (Phi) is 12.7. The summed E-state index contributed by atoms with van der Waals surface area (Å²) in [6, 6.07) is 0. The number of imidazole rings is 1. The number of carbonyl (C=O) groups excluding carboxylic acids is 1. The number of ether oxygens (including phenoxy) is 2. The zero-order valence-corrected chi connectivity index (χ0v) is 28.7. The molecule has 5 rings (SSSR count). The minimum atomic E-state index is 0.0696. The van der Waals surface area contributed by atoms with Crippen LogP contribution in [0.5, 0.6) is 0 Å². The van der Waals surface area contributed by atoms with Crippen molar-refractivity contribution in [3.05, 3.63) is 18.7 Å². The summed E-state index contributed by atoms with van der Waals surface area (Å²) in [6.45, 7) is 14.3. The van der Waals surface area contributed by atoms with Gasteiger partial charge in [-0.1, -0.05) is 85.0 Å². The Hall–Kier alpha value is -1.40. The highest BCUT2D eigenvalue weighted by Gasteiger charge is 3.07. The van der Waals surface area contributed by atoms with Gasteiger partial charge >= 0.3 is 5.97 Å². The van der Waals surface area contributed by atoms with Crippen LogP contribution >= 0.6 is 0 Å². The molecule has 0 aromatic carbocycles. The van der Waals surface area contributed by atoms with Crippen molar-refractivity contribution in [2.75, 3.05) is 39.5 Å². The Bertz CT molecular complexity index is 982. The Morgan fingerprint density at radius 1 is 0.795 bits per heavy atom. The first-order valence-electron chi connectivity index (χ1n) is 19.0. The summed E-state index contributed by atoms with van der Waals surface area (Å²) in [6.07, 6.45) is 26.8. The molecule has 4 aliphatic carbocycles. The molecule has 7 atom stereocenters. The third kappa shape index (κ3) is 7.76. The van der Waals surface area contributed by atoms with Crippen LogP contribution in [0, 0.1) is 40.4 Å². The fraction of sp³-hybridized carbons (Fsp3) is 0.895. The zero-order chi connectivity index (χ0) is 30.8. The molecule has 0 aliphatic heterocycles. The Balaban J connectivity index is 0.840. The van der Waals surface area contributed by atoms with Gasteiger partial charge < -0.3 is 18.9 Å². The lowest BCUT2D eigenvalue weighted by atomic mass is 9.38. The average molecular weight is 612 g/mol. The number of aromatic nitrogens is 2. The number of esters is 1. The number of hydrogen-bond donors (Lipinski definition) is 0. The van der Waals surface area contributed by atoms with E-state index in [4.69, 9.17) is 9.47 Å². The predicted octanol–water partition coefficient (Wildman–Crippen LogP) is 8.54. The zero-order valence-electron chi connectivity index (χ0n) is 28.7. The monoisotopic (exact) mass is 612 g/mol. The lowest BCUT2D eigenvalue weighted by Crippen LogP contribution is -2.62. The average Bonchev–Trinajstić information content (AvgIpc) is 3.71. The van der Waals surface area contributed by atoms with E-state index in [0.29, 0.717) is 13.0 Å². The molecule has 0 amide bonds. The fourth-order valence-electron chi connectivity index (χ4n) is 10.4. The van der Waals surface area contributed by atoms with E-state index >= 15 is 0 Å². The number of aryl methyl sites for hydroxylation is 1. The van der Waals surface area contributed by atoms with E-state index in [9.17, 15) is 4.79 Å². The number of fused-ring (bicyclic) bond motifs is 2. The summed E-state index contributed by atoms with van der Waals surface area (Å²) in [4.78, 5) is 19.4. The molecule has 1 heterocycles. The van der Waals surface area contributed by atoms with Gasteiger partial charge in [0.15, 0.2) is 0 Å². The minimum Gasteiger partial charge on any atom is -0.466 e. The molecule has 6 nitrogen and oxygen atoms in total. The van der Waals surface area contributed by atoms with Gasteiger partial charge in [-0.3, -0.25) is 4.79 Å². The minimum absolute atomic E-state index is 0.0696. The number of nitrogens with zero attached hydrogens (tertiary/aromatic N) is 3. The van der Waals surface area contributed by atoms with Gasteiger partial charge in [-0.15, -0.1) is 0 Å². The summed E-state index contributed by atoms with van der Waals surface area (Å²) in [5.74, 6) is 4.69. The molecule has 250 valence electrons. The van der Waals surface area contributed by atoms with Crippen molar-refractivity contribution in [1.82, 2.24) is 14.5 Å². The van der Waals surface area contributed by atoms with Gasteiger partial charge in [-0.05, 0) is 98.6 Å². The SMILES string of the molecule is CCCCCOCCCCCCCCN(CCCCCCCCOC(=O)CC1(C)C2C(C)C3C4C1C342)CCCn1ccnc1. The first kappa shape index (κ1) is 33.9. The van der Waals surface area contributed by atoms with Crippen molar-refractivity contribution in [2.24, 2.45) is 40.4 Å². The van der Waals surface area contributed by atoms with Crippen LogP contribution in [0.25, 0.3) is 0 Å². The summed E-state index contributed by atoms with van der Waals surface area (Å²) in [7, 11) is 0. The predicted molar refractivity (Wildman–Crippen MR) is 178 cm³/mol. The molecule has 0 N–H and O–H groups in total. The molecule has 4 fully saturated rings. The first-order chi connectivity index (χ1) is 21.5. The second-order valence-electron chi connectivity index (χ2n) is 15.3. The molecular formula is C38H65N3O3. The second kappa shape index (κ2) is 16.4. The maximum Gasteiger partial charge on any atom is 0.306 e. The lowest BCUT2D eigenvalue weighted by Gasteiger charge is -2.65. The van der Waals surface area contributed by atoms with Crippen LogP contribution in [0.2, 0.25) is 0 Å². The van der Waals surface area contributed by atoms with Crippen molar-refractivity contribution in [3.63, 3.8) is 0 Å². The van der Waals surface area contributed by atoms with Crippen LogP contribution in [0.15, 0.2) is 18.7 Å². The highest BCUT2D eigenvalue weighted by atomic mass is 16.5. The van der Waals surface area contributed by atoms with Crippen LogP contribution in [-0.2, 0) is 20.8 Å². The molecule has 4 aliphatic rings. The highest BCUT2D eigenvalue weighted by molar-refractivity contribution is 5.72. The molecular weight excluding hydrogens is 546 g/mol. The van der Waals surface area contributed by atoms with E-state index < -0.39 is 0 Å². The van der Waals surface area contributed by atoms with Crippen molar-refractivity contribution in [2.45, 2.75) is 136 Å². The Morgan fingerprint density at radius 2 is 1.41 bits per heavy atom. The Morgan fingerprint density at radius 3 is 2.02 bits per heavy atom. The van der Waals surface area contributed by atoms with Crippen molar-refractivity contribution in [1.29, 1.82) is 0 Å². The van der Waals surface area contributed by atoms with Gasteiger partial charge in [-0.25, -0.2) is 4.98 Å². The highest BCUT2D eigenvalue weighted by Crippen LogP contribution is 3.10. The molecule has 6 heteroatoms. The molecule has 7 unspecified atom stereocenters. The third-order valence-corrected chi connectivity index (χ3v) is 12.3. The van der Waals surface area contributed by atoms with Gasteiger partial charge in [0.25, 0.3) is 0 Å². The fourth-order valence-corrected chi connectivity index (χ4v) is 10.4. The maximum absolute atomic E-state index is 12.5. The smallest absolute Gasteiger partial charge is 0.306 e. The molecule has 0 bridgehead atoms. The quantitative estimate of drug-likeness (QED) is 0.0702. The van der Waals surface area contributed by atoms with Crippen molar-refractivity contribution < 1.29 is 14.3 Å². The topological polar surface area (TPSA) is 56.6 Å². The molecule has 0 saturated heterocycles. The van der Waals surface area contributed by atoms with Crippen molar-refractivity contribution in [3.8, 4) is 0 Å². The van der Waals surface area contributed by atoms with E-state index in [-0.39, 0.29) is 11.4 Å². The molecule has 1 spiro atoms. The summed E-state index contributed by atoms with van der Waals surface area (Å²) in [5, 5.41) is 0. The van der Waals surface area contributed by atoms with Crippen LogP contribution in [0.3, 0.4) is 0 Å². The standard InChI is InChI=1S/C38H65N3O3/c1-4-5-16-26-43-27-17-12-8-6-10-14-21-40(23-19-24-41-25-20-39-30-41)22-15-11-7-9-13-18-28-44-32(42)29-37(3)35-31(2)33-34-36(37)38(33,34)35/h20,25,30-31,33-36H,4-19,21-24,26-29H2,1-3H3. The summed E-state index contributed by atoms with van der Waals surface area (Å²) < 4.78 is 13.6. The van der Waals surface area contributed by atoms with E-state index in [0.717, 1.165) is 61.2 Å². The molecule has 4 saturated carbocycles. The van der Waals surface area contributed by atoms with Crippen molar-refractivity contribution >= 4 is 5.97 Å². The lowest BCUT2D eigenvalue weighted by molar-refractivity contribution is -0.198. The largest absolute Gasteiger partial charge is 0.466 e. The van der Waals surface area contributed by atoms with E-state index in [1.165, 1.54) is 116 Å². The van der Waals surface area contributed by atoms with E-state index in [2.05, 4.69) is 41.4 Å². The first-order valence-corrected chi connectivity index (χ1v) is 19.0. The van der Waals surface area contributed by atoms with Gasteiger partial charge in [0.05, 0.1) is 19.4 Å². The van der Waals surface area contributed by atoms with Gasteiger partial charge in [0, 0.05) is 32.2 Å². The van der Waals surface area contributed by atoms with Gasteiger partial charge in [-0.2, -0.15) is 0 Å². The van der Waals surface area contributed by atoms with Crippen LogP contribution in [-0.4, -0.2) is 59.9 Å². The molecule has 1 aromatic rings. The summed E-state index contributed by atoms with van der Waals surface area (Å²) >= 11 is 0. The van der Waals surface area contributed by atoms with Crippen LogP contribution < -0.4 is 0 Å². The normalized spacial score (nSPS) is 30.4. The van der Waals surface area contributed by atoms with Crippen LogP contribution in [0.1, 0.15) is 130 Å². The van der Waals surface area contributed by atoms with Gasteiger partial charge in [0.1, 0.15) is 0 Å². The maximum atomic E-state index is 12.5. The van der Waals surface area contributed by atoms with E-state index in [1.807, 2.05) is 12.5 Å². The number of rotatable bonds is 28. The second-order valence-corrected chi connectivity index (χ2v) is 15.3. The summed E-state index contributed by atoms with van der Waals surface area (Å²) in [5.41, 5.74) is 1.03. The number of unbranched alkanes of at least 4 members (excludes halogenated alkanes) is 12. The molecule has 1 aromatic heterocycles. The number of hydrogen-bond acceptors (Lipinski definition) is 5.